The number of nitrogens with zero attached hydrogens (tertiary/aromatic N) is 5. The van der Waals surface area contributed by atoms with E-state index in [9.17, 15) is 13.6 Å². The van der Waals surface area contributed by atoms with E-state index in [2.05, 4.69) is 20.5 Å². The highest BCUT2D eigenvalue weighted by Crippen LogP contribution is 2.43. The summed E-state index contributed by atoms with van der Waals surface area (Å²) in [6, 6.07) is 9.94. The number of benzene rings is 1. The maximum absolute atomic E-state index is 14.5. The van der Waals surface area contributed by atoms with E-state index in [1.165, 1.54) is 10.9 Å². The Kier molecular flexibility index (Phi) is 4.68. The van der Waals surface area contributed by atoms with Crippen molar-refractivity contribution in [3.63, 3.8) is 0 Å². The highest BCUT2D eigenvalue weighted by molar-refractivity contribution is 6.03. The number of carbonyl (C=O) groups excluding carboxylic acids is 1. The zero-order valence-corrected chi connectivity index (χ0v) is 17.1. The molecule has 2 aliphatic rings. The summed E-state index contributed by atoms with van der Waals surface area (Å²) in [5.41, 5.74) is 2.69. The van der Waals surface area contributed by atoms with Gasteiger partial charge in [0.15, 0.2) is 5.82 Å². The van der Waals surface area contributed by atoms with E-state index in [0.717, 1.165) is 12.0 Å². The van der Waals surface area contributed by atoms with Crippen LogP contribution in [0.3, 0.4) is 0 Å². The van der Waals surface area contributed by atoms with Gasteiger partial charge in [0.25, 0.3) is 11.8 Å². The minimum Gasteiger partial charge on any atom is -0.340 e. The van der Waals surface area contributed by atoms with Gasteiger partial charge in [-0.2, -0.15) is 0 Å². The van der Waals surface area contributed by atoms with Crippen LogP contribution in [0, 0.1) is 0 Å². The van der Waals surface area contributed by atoms with Crippen molar-refractivity contribution in [1.29, 1.82) is 0 Å². The molecule has 1 aliphatic heterocycles. The molecule has 5 rings (SSSR count). The van der Waals surface area contributed by atoms with Gasteiger partial charge >= 0.3 is 0 Å². The number of amides is 1. The molecule has 1 amide bonds. The van der Waals surface area contributed by atoms with Gasteiger partial charge in [-0.3, -0.25) is 4.79 Å². The molecule has 0 radical (unpaired) electrons. The SMILES string of the molecule is CN1Cc2cccc(Nc3cccc(-c4nncn4[C@@H]4CCCCC4(F)F)n3)c2C1=O. The van der Waals surface area contributed by atoms with Gasteiger partial charge in [0.2, 0.25) is 0 Å². The van der Waals surface area contributed by atoms with Gasteiger partial charge in [-0.05, 0) is 36.6 Å². The molecule has 0 spiro atoms. The van der Waals surface area contributed by atoms with E-state index in [1.54, 1.807) is 30.1 Å². The van der Waals surface area contributed by atoms with Crippen molar-refractivity contribution in [2.75, 3.05) is 12.4 Å². The third-order valence-electron chi connectivity index (χ3n) is 5.99. The Balaban J connectivity index is 1.47. The lowest BCUT2D eigenvalue weighted by molar-refractivity contribution is -0.0777. The van der Waals surface area contributed by atoms with Gasteiger partial charge < -0.3 is 14.8 Å². The van der Waals surface area contributed by atoms with Gasteiger partial charge in [-0.15, -0.1) is 10.2 Å². The maximum Gasteiger partial charge on any atom is 0.268 e. The predicted molar refractivity (Wildman–Crippen MR) is 111 cm³/mol. The molecule has 1 saturated carbocycles. The zero-order chi connectivity index (χ0) is 21.6. The highest BCUT2D eigenvalue weighted by atomic mass is 19.3. The van der Waals surface area contributed by atoms with Crippen LogP contribution in [0.25, 0.3) is 11.5 Å². The normalized spacial score (nSPS) is 20.0. The van der Waals surface area contributed by atoms with Crippen molar-refractivity contribution in [2.45, 2.75) is 44.2 Å². The lowest BCUT2D eigenvalue weighted by atomic mass is 9.91. The molecule has 1 aromatic carbocycles. The van der Waals surface area contributed by atoms with E-state index in [1.807, 2.05) is 18.2 Å². The first-order chi connectivity index (χ1) is 14.9. The average molecular weight is 424 g/mol. The van der Waals surface area contributed by atoms with E-state index in [4.69, 9.17) is 0 Å². The van der Waals surface area contributed by atoms with Crippen LogP contribution in [0.5, 0.6) is 0 Å². The summed E-state index contributed by atoms with van der Waals surface area (Å²) in [6.07, 6.45) is 2.87. The fourth-order valence-corrected chi connectivity index (χ4v) is 4.45. The Morgan fingerprint density at radius 2 is 2.00 bits per heavy atom. The molecule has 3 aromatic rings. The van der Waals surface area contributed by atoms with Crippen molar-refractivity contribution in [3.05, 3.63) is 53.9 Å². The Morgan fingerprint density at radius 3 is 2.84 bits per heavy atom. The van der Waals surface area contributed by atoms with Crippen molar-refractivity contribution in [2.24, 2.45) is 0 Å². The second-order valence-electron chi connectivity index (χ2n) is 8.12. The molecule has 3 heterocycles. The number of nitrogens with one attached hydrogen (secondary N) is 1. The molecule has 7 nitrogen and oxygen atoms in total. The summed E-state index contributed by atoms with van der Waals surface area (Å²) >= 11 is 0. The second kappa shape index (κ2) is 7.40. The summed E-state index contributed by atoms with van der Waals surface area (Å²) in [7, 11) is 1.76. The smallest absolute Gasteiger partial charge is 0.268 e. The first-order valence-electron chi connectivity index (χ1n) is 10.3. The van der Waals surface area contributed by atoms with Gasteiger partial charge in [0.1, 0.15) is 23.9 Å². The van der Waals surface area contributed by atoms with E-state index < -0.39 is 12.0 Å². The average Bonchev–Trinajstić information content (AvgIpc) is 3.33. The number of hydrogen-bond acceptors (Lipinski definition) is 5. The monoisotopic (exact) mass is 424 g/mol. The van der Waals surface area contributed by atoms with Gasteiger partial charge in [-0.1, -0.05) is 24.6 Å². The second-order valence-corrected chi connectivity index (χ2v) is 8.12. The van der Waals surface area contributed by atoms with Crippen molar-refractivity contribution in [3.8, 4) is 11.5 Å². The number of aromatic nitrogens is 4. The number of rotatable bonds is 4. The minimum atomic E-state index is -2.80. The van der Waals surface area contributed by atoms with Crippen LogP contribution in [0.2, 0.25) is 0 Å². The Bertz CT molecular complexity index is 1140. The number of carbonyl (C=O) groups is 1. The molecule has 2 aromatic heterocycles. The standard InChI is InChI=1S/C22H22F2N6O/c1-29-12-14-6-4-7-15(19(14)21(29)31)26-18-10-5-8-16(27-18)20-28-25-13-30(20)17-9-2-3-11-22(17,23)24/h4-8,10,13,17H,2-3,9,11-12H2,1H3,(H,26,27)/t17-/m1/s1. The number of hydrogen-bond donors (Lipinski definition) is 1. The van der Waals surface area contributed by atoms with Crippen LogP contribution in [-0.4, -0.2) is 43.5 Å². The molecule has 1 aliphatic carbocycles. The molecular formula is C22H22F2N6O. The number of pyridine rings is 1. The zero-order valence-electron chi connectivity index (χ0n) is 17.1. The molecule has 0 saturated heterocycles. The molecular weight excluding hydrogens is 402 g/mol. The topological polar surface area (TPSA) is 75.9 Å². The lowest BCUT2D eigenvalue weighted by Gasteiger charge is -2.32. The van der Waals surface area contributed by atoms with Crippen LogP contribution < -0.4 is 5.32 Å². The largest absolute Gasteiger partial charge is 0.340 e. The highest BCUT2D eigenvalue weighted by Gasteiger charge is 2.43. The van der Waals surface area contributed by atoms with E-state index in [-0.39, 0.29) is 12.3 Å². The maximum atomic E-state index is 14.5. The Labute approximate surface area is 178 Å². The molecule has 0 bridgehead atoms. The third-order valence-corrected chi connectivity index (χ3v) is 5.99. The molecule has 1 atom stereocenters. The summed E-state index contributed by atoms with van der Waals surface area (Å²) in [5.74, 6) is -2.04. The molecule has 1 N–H and O–H groups in total. The minimum absolute atomic E-state index is 0.0477. The number of fused-ring (bicyclic) bond motifs is 1. The fourth-order valence-electron chi connectivity index (χ4n) is 4.45. The first kappa shape index (κ1) is 19.6. The number of halogens is 2. The van der Waals surface area contributed by atoms with E-state index >= 15 is 0 Å². The molecule has 160 valence electrons. The van der Waals surface area contributed by atoms with Crippen LogP contribution in [-0.2, 0) is 6.54 Å². The first-order valence-corrected chi connectivity index (χ1v) is 10.3. The van der Waals surface area contributed by atoms with Crippen LogP contribution >= 0.6 is 0 Å². The van der Waals surface area contributed by atoms with Gasteiger partial charge in [0, 0.05) is 20.0 Å². The molecule has 31 heavy (non-hydrogen) atoms. The molecule has 1 fully saturated rings. The quantitative estimate of drug-likeness (QED) is 0.671. The third kappa shape index (κ3) is 3.43. The van der Waals surface area contributed by atoms with Crippen molar-refractivity contribution >= 4 is 17.4 Å². The summed E-state index contributed by atoms with van der Waals surface area (Å²) in [6.45, 7) is 0.565. The van der Waals surface area contributed by atoms with Gasteiger partial charge in [-0.25, -0.2) is 13.8 Å². The van der Waals surface area contributed by atoms with Gasteiger partial charge in [0.05, 0.1) is 11.3 Å². The van der Waals surface area contributed by atoms with Crippen molar-refractivity contribution in [1.82, 2.24) is 24.6 Å². The van der Waals surface area contributed by atoms with Crippen molar-refractivity contribution < 1.29 is 13.6 Å². The Hall–Kier alpha value is -3.36. The Morgan fingerprint density at radius 1 is 1.16 bits per heavy atom. The number of anilines is 2. The number of alkyl halides is 2. The molecule has 9 heteroatoms. The van der Waals surface area contributed by atoms with Crippen LogP contribution in [0.15, 0.2) is 42.7 Å². The predicted octanol–water partition coefficient (Wildman–Crippen LogP) is 4.42. The molecule has 0 unspecified atom stereocenters. The lowest BCUT2D eigenvalue weighted by Crippen LogP contribution is -2.34. The van der Waals surface area contributed by atoms with E-state index in [0.29, 0.717) is 48.0 Å². The summed E-state index contributed by atoms with van der Waals surface area (Å²) in [5, 5.41) is 11.2. The fraction of sp³-hybridized carbons (Fsp3) is 0.364. The van der Waals surface area contributed by atoms with Crippen LogP contribution in [0.1, 0.15) is 47.6 Å². The van der Waals surface area contributed by atoms with Crippen LogP contribution in [0.4, 0.5) is 20.3 Å². The summed E-state index contributed by atoms with van der Waals surface area (Å²) in [4.78, 5) is 18.8. The summed E-state index contributed by atoms with van der Waals surface area (Å²) < 4.78 is 30.5.